The summed E-state index contributed by atoms with van der Waals surface area (Å²) in [5.74, 6) is 2.25. The van der Waals surface area contributed by atoms with Crippen LogP contribution in [0.1, 0.15) is 12.8 Å². The highest BCUT2D eigenvalue weighted by molar-refractivity contribution is 8.52. The molecule has 0 atom stereocenters. The number of nitrogens with one attached hydrogen (secondary N) is 1. The average molecular weight is 370 g/mol. The summed E-state index contributed by atoms with van der Waals surface area (Å²) in [5, 5.41) is 7.52. The summed E-state index contributed by atoms with van der Waals surface area (Å²) < 4.78 is 5.25. The number of methoxy groups -OCH3 is 1. The topological polar surface area (TPSA) is 112 Å². The molecule has 1 aliphatic rings. The van der Waals surface area contributed by atoms with Crippen molar-refractivity contribution in [1.29, 1.82) is 0 Å². The van der Waals surface area contributed by atoms with E-state index in [2.05, 4.69) is 20.1 Å². The Morgan fingerprint density at radius 1 is 1.46 bits per heavy atom. The number of rotatable bonds is 5. The monoisotopic (exact) mass is 370 g/mol. The molecule has 3 rings (SSSR count). The second kappa shape index (κ2) is 7.65. The molecule has 24 heavy (non-hydrogen) atoms. The normalized spacial score (nSPS) is 16.1. The van der Waals surface area contributed by atoms with E-state index in [1.54, 1.807) is 19.4 Å². The second-order valence-electron chi connectivity index (χ2n) is 5.63. The Kier molecular flexibility index (Phi) is 5.55. The maximum Gasteiger partial charge on any atom is 0.275 e. The number of aromatic amines is 1. The van der Waals surface area contributed by atoms with Gasteiger partial charge in [-0.3, -0.25) is 4.79 Å². The summed E-state index contributed by atoms with van der Waals surface area (Å²) in [4.78, 5) is 36.8. The van der Waals surface area contributed by atoms with E-state index in [9.17, 15) is 4.79 Å². The number of hydrogen-bond donors (Lipinski definition) is 3. The quantitative estimate of drug-likeness (QED) is 0.679. The van der Waals surface area contributed by atoms with E-state index < -0.39 is 7.58 Å². The molecule has 10 heteroatoms. The van der Waals surface area contributed by atoms with Gasteiger partial charge < -0.3 is 19.4 Å². The van der Waals surface area contributed by atoms with Crippen LogP contribution in [0.3, 0.4) is 0 Å². The Bertz CT molecular complexity index is 764. The van der Waals surface area contributed by atoms with Crippen molar-refractivity contribution in [3.05, 3.63) is 22.6 Å². The molecule has 0 aromatic carbocycles. The van der Waals surface area contributed by atoms with Gasteiger partial charge in [0, 0.05) is 30.3 Å². The van der Waals surface area contributed by atoms with Crippen molar-refractivity contribution >= 4 is 35.5 Å². The zero-order chi connectivity index (χ0) is 17.1. The fourth-order valence-electron chi connectivity index (χ4n) is 2.89. The molecule has 0 amide bonds. The van der Waals surface area contributed by atoms with Crippen molar-refractivity contribution in [1.82, 2.24) is 15.2 Å². The first-order chi connectivity index (χ1) is 11.6. The van der Waals surface area contributed by atoms with Crippen LogP contribution in [0.25, 0.3) is 10.8 Å². The molecule has 0 radical (unpaired) electrons. The molecule has 8 nitrogen and oxygen atoms in total. The summed E-state index contributed by atoms with van der Waals surface area (Å²) in [6.07, 6.45) is 3.43. The number of hydrogen-bond acceptors (Lipinski definition) is 8. The largest absolute Gasteiger partial charge is 0.481 e. The van der Waals surface area contributed by atoms with Crippen LogP contribution in [-0.2, 0) is 0 Å². The Labute approximate surface area is 143 Å². The molecule has 0 unspecified atom stereocenters. The van der Waals surface area contributed by atoms with Gasteiger partial charge in [0.25, 0.3) is 5.56 Å². The lowest BCUT2D eigenvalue weighted by atomic mass is 9.98. The van der Waals surface area contributed by atoms with Crippen molar-refractivity contribution in [3.63, 3.8) is 0 Å². The molecule has 3 N–H and O–H groups in total. The van der Waals surface area contributed by atoms with Crippen molar-refractivity contribution < 1.29 is 14.5 Å². The van der Waals surface area contributed by atoms with E-state index in [1.165, 1.54) is 11.4 Å². The molecule has 0 saturated carbocycles. The summed E-state index contributed by atoms with van der Waals surface area (Å²) in [6.45, 7) is 1.52. The Morgan fingerprint density at radius 2 is 2.21 bits per heavy atom. The van der Waals surface area contributed by atoms with Crippen LogP contribution in [0.15, 0.2) is 17.1 Å². The van der Waals surface area contributed by atoms with Gasteiger partial charge in [0.05, 0.1) is 18.7 Å². The fourth-order valence-corrected chi connectivity index (χ4v) is 4.60. The molecule has 0 spiro atoms. The smallest absolute Gasteiger partial charge is 0.275 e. The maximum atomic E-state index is 12.2. The highest BCUT2D eigenvalue weighted by Gasteiger charge is 2.24. The molecule has 2 aromatic rings. The first kappa shape index (κ1) is 17.4. The first-order valence-electron chi connectivity index (χ1n) is 7.56. The number of aromatic nitrogens is 3. The SMILES string of the molecule is COc1cc2cn[nH]c(=O)c2c(N2CCC(CSP(O)O)CC2)n1. The van der Waals surface area contributed by atoms with Crippen molar-refractivity contribution in [3.8, 4) is 5.88 Å². The zero-order valence-electron chi connectivity index (χ0n) is 13.2. The van der Waals surface area contributed by atoms with Gasteiger partial charge >= 0.3 is 0 Å². The lowest BCUT2D eigenvalue weighted by molar-refractivity contribution is 0.396. The summed E-state index contributed by atoms with van der Waals surface area (Å²) >= 11 is 1.20. The van der Waals surface area contributed by atoms with Crippen LogP contribution in [0.5, 0.6) is 5.88 Å². The lowest BCUT2D eigenvalue weighted by Gasteiger charge is -2.33. The molecule has 0 aliphatic carbocycles. The number of fused-ring (bicyclic) bond motifs is 1. The maximum absolute atomic E-state index is 12.2. The van der Waals surface area contributed by atoms with Crippen LogP contribution < -0.4 is 15.2 Å². The predicted molar refractivity (Wildman–Crippen MR) is 95.5 cm³/mol. The van der Waals surface area contributed by atoms with Gasteiger partial charge in [-0.05, 0) is 18.8 Å². The summed E-state index contributed by atoms with van der Waals surface area (Å²) in [6, 6.07) is 1.70. The van der Waals surface area contributed by atoms with Crippen LogP contribution in [0.4, 0.5) is 5.82 Å². The Morgan fingerprint density at radius 3 is 2.88 bits per heavy atom. The lowest BCUT2D eigenvalue weighted by Crippen LogP contribution is -2.35. The van der Waals surface area contributed by atoms with Crippen LogP contribution in [0.2, 0.25) is 0 Å². The number of ether oxygens (including phenoxy) is 1. The zero-order valence-corrected chi connectivity index (χ0v) is 14.9. The standard InChI is InChI=1S/C14H19N4O4PS/c1-22-11-6-10-7-15-17-14(19)12(10)13(16-11)18-4-2-9(3-5-18)8-24-23(20)21/h6-7,9,20-21H,2-5,8H2,1H3,(H,17,19). The first-order valence-corrected chi connectivity index (χ1v) is 10.4. The average Bonchev–Trinajstić information content (AvgIpc) is 2.59. The number of anilines is 1. The molecule has 3 heterocycles. The molecule has 130 valence electrons. The number of H-pyrrole nitrogens is 1. The van der Waals surface area contributed by atoms with Gasteiger partial charge in [0.1, 0.15) is 5.82 Å². The summed E-state index contributed by atoms with van der Waals surface area (Å²) in [5.41, 5.74) is -0.262. The van der Waals surface area contributed by atoms with Crippen molar-refractivity contribution in [2.45, 2.75) is 12.8 Å². The number of nitrogens with zero attached hydrogens (tertiary/aromatic N) is 3. The van der Waals surface area contributed by atoms with E-state index in [1.807, 2.05) is 0 Å². The van der Waals surface area contributed by atoms with Gasteiger partial charge in [-0.15, -0.1) is 0 Å². The molecular weight excluding hydrogens is 351 g/mol. The van der Waals surface area contributed by atoms with Crippen molar-refractivity contribution in [2.24, 2.45) is 5.92 Å². The fraction of sp³-hybridized carbons (Fsp3) is 0.500. The Balaban J connectivity index is 1.84. The molecule has 1 aliphatic heterocycles. The van der Waals surface area contributed by atoms with Gasteiger partial charge in [-0.25, -0.2) is 5.10 Å². The van der Waals surface area contributed by atoms with E-state index in [-0.39, 0.29) is 5.56 Å². The van der Waals surface area contributed by atoms with Gasteiger partial charge in [0.15, 0.2) is 0 Å². The third-order valence-electron chi connectivity index (χ3n) is 4.15. The third kappa shape index (κ3) is 3.80. The minimum atomic E-state index is -1.89. The van der Waals surface area contributed by atoms with Gasteiger partial charge in [-0.2, -0.15) is 10.1 Å². The molecule has 2 aromatic heterocycles. The highest BCUT2D eigenvalue weighted by atomic mass is 32.7. The van der Waals surface area contributed by atoms with Crippen molar-refractivity contribution in [2.75, 3.05) is 30.9 Å². The van der Waals surface area contributed by atoms with Gasteiger partial charge in [0.2, 0.25) is 13.5 Å². The Hall–Kier alpha value is -1.41. The van der Waals surface area contributed by atoms with Crippen LogP contribution >= 0.6 is 19.0 Å². The molecule has 0 bridgehead atoms. The third-order valence-corrected chi connectivity index (χ3v) is 6.14. The molecular formula is C14H19N4O4PS. The van der Waals surface area contributed by atoms with E-state index >= 15 is 0 Å². The number of piperidine rings is 1. The summed E-state index contributed by atoms with van der Waals surface area (Å²) in [7, 11) is -0.347. The minimum Gasteiger partial charge on any atom is -0.481 e. The predicted octanol–water partition coefficient (Wildman–Crippen LogP) is 1.49. The van der Waals surface area contributed by atoms with Gasteiger partial charge in [-0.1, -0.05) is 11.4 Å². The van der Waals surface area contributed by atoms with Crippen LogP contribution in [0, 0.1) is 5.92 Å². The minimum absolute atomic E-state index is 0.262. The second-order valence-corrected chi connectivity index (χ2v) is 8.48. The van der Waals surface area contributed by atoms with E-state index in [4.69, 9.17) is 14.5 Å². The highest BCUT2D eigenvalue weighted by Crippen LogP contribution is 2.43. The van der Waals surface area contributed by atoms with E-state index in [0.29, 0.717) is 28.4 Å². The number of pyridine rings is 1. The molecule has 1 fully saturated rings. The van der Waals surface area contributed by atoms with E-state index in [0.717, 1.165) is 31.7 Å². The molecule has 1 saturated heterocycles. The van der Waals surface area contributed by atoms with Crippen LogP contribution in [-0.4, -0.2) is 50.9 Å².